The molecular weight excluding hydrogens is 317 g/mol. The number of carbonyl (C=O) groups is 2. The van der Waals surface area contributed by atoms with Gasteiger partial charge in [-0.05, 0) is 23.8 Å². The molecule has 0 spiro atoms. The molecular formula is C11H8BrF3O3. The number of ether oxygens (including phenoxy) is 1. The Bertz CT molecular complexity index is 483. The molecule has 1 rings (SSSR count). The number of halogens is 4. The van der Waals surface area contributed by atoms with Gasteiger partial charge in [-0.1, -0.05) is 15.9 Å². The van der Waals surface area contributed by atoms with Crippen LogP contribution in [0.1, 0.15) is 11.1 Å². The minimum absolute atomic E-state index is 0.0899. The molecule has 0 fully saturated rings. The first kappa shape index (κ1) is 14.7. The van der Waals surface area contributed by atoms with Crippen LogP contribution in [0.2, 0.25) is 0 Å². The summed E-state index contributed by atoms with van der Waals surface area (Å²) in [4.78, 5) is 22.1. The van der Waals surface area contributed by atoms with Gasteiger partial charge in [0.15, 0.2) is 0 Å². The Morgan fingerprint density at radius 2 is 1.89 bits per heavy atom. The van der Waals surface area contributed by atoms with Gasteiger partial charge in [-0.2, -0.15) is 13.2 Å². The third-order valence-corrected chi connectivity index (χ3v) is 2.52. The van der Waals surface area contributed by atoms with Gasteiger partial charge >= 0.3 is 12.1 Å². The molecule has 0 aliphatic heterocycles. The van der Waals surface area contributed by atoms with E-state index in [4.69, 9.17) is 0 Å². The van der Waals surface area contributed by atoms with Crippen LogP contribution in [0.25, 0.3) is 0 Å². The number of Topliss-reactive ketones (excluding diaryl/α,β-unsaturated/α-hetero) is 1. The second-order valence-corrected chi connectivity index (χ2v) is 4.35. The number of benzene rings is 1. The summed E-state index contributed by atoms with van der Waals surface area (Å²) >= 11 is 2.92. The van der Waals surface area contributed by atoms with Crippen LogP contribution in [0.3, 0.4) is 0 Å². The van der Waals surface area contributed by atoms with Gasteiger partial charge in [0, 0.05) is 10.9 Å². The minimum atomic E-state index is -4.51. The second-order valence-electron chi connectivity index (χ2n) is 3.44. The molecule has 3 nitrogen and oxygen atoms in total. The highest BCUT2D eigenvalue weighted by Crippen LogP contribution is 2.32. The van der Waals surface area contributed by atoms with Crippen LogP contribution in [0, 0.1) is 0 Å². The molecule has 0 aromatic heterocycles. The van der Waals surface area contributed by atoms with Crippen molar-refractivity contribution in [1.29, 1.82) is 0 Å². The minimum Gasteiger partial charge on any atom is -0.463 e. The summed E-state index contributed by atoms with van der Waals surface area (Å²) in [6.07, 6.45) is -4.94. The van der Waals surface area contributed by atoms with E-state index in [1.165, 1.54) is 6.07 Å². The first-order valence-corrected chi connectivity index (χ1v) is 5.51. The Labute approximate surface area is 109 Å². The van der Waals surface area contributed by atoms with Crippen molar-refractivity contribution in [3.05, 3.63) is 33.8 Å². The monoisotopic (exact) mass is 324 g/mol. The van der Waals surface area contributed by atoms with E-state index in [2.05, 4.69) is 20.7 Å². The quantitative estimate of drug-likeness (QED) is 0.634. The summed E-state index contributed by atoms with van der Waals surface area (Å²) in [6, 6.07) is 3.06. The number of carbonyl (C=O) groups excluding carboxylic acids is 2. The van der Waals surface area contributed by atoms with Gasteiger partial charge in [0.25, 0.3) is 0 Å². The van der Waals surface area contributed by atoms with Crippen molar-refractivity contribution in [2.45, 2.75) is 12.6 Å². The highest BCUT2D eigenvalue weighted by molar-refractivity contribution is 9.10. The maximum absolute atomic E-state index is 12.5. The summed E-state index contributed by atoms with van der Waals surface area (Å²) < 4.78 is 41.9. The van der Waals surface area contributed by atoms with E-state index in [1.54, 1.807) is 0 Å². The van der Waals surface area contributed by atoms with Crippen LogP contribution < -0.4 is 0 Å². The van der Waals surface area contributed by atoms with Crippen LogP contribution in [0.15, 0.2) is 22.7 Å². The number of rotatable bonds is 3. The van der Waals surface area contributed by atoms with Crippen molar-refractivity contribution in [3.63, 3.8) is 0 Å². The van der Waals surface area contributed by atoms with Crippen LogP contribution in [-0.2, 0) is 26.9 Å². The Morgan fingerprint density at radius 3 is 2.39 bits per heavy atom. The number of esters is 1. The zero-order valence-corrected chi connectivity index (χ0v) is 10.8. The van der Waals surface area contributed by atoms with Crippen molar-refractivity contribution in [2.75, 3.05) is 7.11 Å². The van der Waals surface area contributed by atoms with Gasteiger partial charge < -0.3 is 4.74 Å². The van der Waals surface area contributed by atoms with Crippen LogP contribution >= 0.6 is 15.9 Å². The highest BCUT2D eigenvalue weighted by atomic mass is 79.9. The lowest BCUT2D eigenvalue weighted by Gasteiger charge is -2.09. The van der Waals surface area contributed by atoms with E-state index in [9.17, 15) is 22.8 Å². The van der Waals surface area contributed by atoms with Gasteiger partial charge in [-0.25, -0.2) is 4.79 Å². The second kappa shape index (κ2) is 5.51. The molecule has 1 aromatic carbocycles. The van der Waals surface area contributed by atoms with Crippen molar-refractivity contribution in [2.24, 2.45) is 0 Å². The van der Waals surface area contributed by atoms with Crippen molar-refractivity contribution in [3.8, 4) is 0 Å². The molecule has 18 heavy (non-hydrogen) atoms. The van der Waals surface area contributed by atoms with E-state index in [-0.39, 0.29) is 10.0 Å². The molecule has 0 bridgehead atoms. The number of methoxy groups -OCH3 is 1. The summed E-state index contributed by atoms with van der Waals surface area (Å²) in [5.41, 5.74) is -0.795. The summed E-state index contributed by atoms with van der Waals surface area (Å²) in [6.45, 7) is 0. The topological polar surface area (TPSA) is 43.4 Å². The Hall–Kier alpha value is -1.37. The van der Waals surface area contributed by atoms with Gasteiger partial charge in [0.1, 0.15) is 0 Å². The maximum Gasteiger partial charge on any atom is 0.416 e. The van der Waals surface area contributed by atoms with Gasteiger partial charge in [-0.3, -0.25) is 4.79 Å². The molecule has 0 aliphatic rings. The smallest absolute Gasteiger partial charge is 0.416 e. The Kier molecular flexibility index (Phi) is 4.50. The SMILES string of the molecule is COC(=O)C(=O)Cc1cc(Br)cc(C(F)(F)F)c1. The van der Waals surface area contributed by atoms with Crippen molar-refractivity contribution < 1.29 is 27.5 Å². The van der Waals surface area contributed by atoms with Crippen LogP contribution in [-0.4, -0.2) is 18.9 Å². The normalized spacial score (nSPS) is 11.2. The lowest BCUT2D eigenvalue weighted by molar-refractivity contribution is -0.151. The number of hydrogen-bond donors (Lipinski definition) is 0. The van der Waals surface area contributed by atoms with Gasteiger partial charge in [0.2, 0.25) is 5.78 Å². The molecule has 0 radical (unpaired) electrons. The molecule has 0 heterocycles. The molecule has 0 atom stereocenters. The first-order valence-electron chi connectivity index (χ1n) is 4.72. The third-order valence-electron chi connectivity index (χ3n) is 2.06. The molecule has 0 N–H and O–H groups in total. The summed E-state index contributed by atoms with van der Waals surface area (Å²) in [7, 11) is 1.03. The van der Waals surface area contributed by atoms with E-state index in [0.29, 0.717) is 0 Å². The van der Waals surface area contributed by atoms with E-state index in [1.807, 2.05) is 0 Å². The number of ketones is 1. The zero-order chi connectivity index (χ0) is 13.9. The predicted molar refractivity (Wildman–Crippen MR) is 59.9 cm³/mol. The molecule has 1 aromatic rings. The fraction of sp³-hybridized carbons (Fsp3) is 0.273. The fourth-order valence-electron chi connectivity index (χ4n) is 1.29. The Balaban J connectivity index is 3.01. The van der Waals surface area contributed by atoms with Crippen molar-refractivity contribution >= 4 is 27.7 Å². The average Bonchev–Trinajstić information content (AvgIpc) is 2.25. The molecule has 0 unspecified atom stereocenters. The number of hydrogen-bond acceptors (Lipinski definition) is 3. The summed E-state index contributed by atoms with van der Waals surface area (Å²) in [5, 5.41) is 0. The highest BCUT2D eigenvalue weighted by Gasteiger charge is 2.31. The van der Waals surface area contributed by atoms with Gasteiger partial charge in [-0.15, -0.1) is 0 Å². The molecule has 0 saturated heterocycles. The number of alkyl halides is 3. The Morgan fingerprint density at radius 1 is 1.28 bits per heavy atom. The van der Waals surface area contributed by atoms with E-state index < -0.39 is 29.9 Å². The van der Waals surface area contributed by atoms with Crippen LogP contribution in [0.5, 0.6) is 0 Å². The fourth-order valence-corrected chi connectivity index (χ4v) is 1.83. The molecule has 7 heteroatoms. The first-order chi connectivity index (χ1) is 8.24. The summed E-state index contributed by atoms with van der Waals surface area (Å²) in [5.74, 6) is -1.98. The third kappa shape index (κ3) is 3.83. The largest absolute Gasteiger partial charge is 0.463 e. The molecule has 0 amide bonds. The average molecular weight is 325 g/mol. The van der Waals surface area contributed by atoms with E-state index >= 15 is 0 Å². The molecule has 0 saturated carbocycles. The molecule has 0 aliphatic carbocycles. The van der Waals surface area contributed by atoms with Gasteiger partial charge in [0.05, 0.1) is 12.7 Å². The standard InChI is InChI=1S/C11H8BrF3O3/c1-18-10(17)9(16)4-6-2-7(11(13,14)15)5-8(12)3-6/h2-3,5H,4H2,1H3. The lowest BCUT2D eigenvalue weighted by Crippen LogP contribution is -2.18. The lowest BCUT2D eigenvalue weighted by atomic mass is 10.1. The van der Waals surface area contributed by atoms with E-state index in [0.717, 1.165) is 19.2 Å². The van der Waals surface area contributed by atoms with Crippen molar-refractivity contribution in [1.82, 2.24) is 0 Å². The zero-order valence-electron chi connectivity index (χ0n) is 9.18. The van der Waals surface area contributed by atoms with Crippen LogP contribution in [0.4, 0.5) is 13.2 Å². The predicted octanol–water partition coefficient (Wildman–Crippen LogP) is 2.75. The molecule has 98 valence electrons. The maximum atomic E-state index is 12.5.